The molecule has 0 spiro atoms. The third kappa shape index (κ3) is 3.75. The number of carbonyl (C=O) groups is 1. The van der Waals surface area contributed by atoms with Gasteiger partial charge in [0.05, 0.1) is 12.7 Å². The smallest absolute Gasteiger partial charge is 0.337 e. The lowest BCUT2D eigenvalue weighted by Gasteiger charge is -2.06. The summed E-state index contributed by atoms with van der Waals surface area (Å²) >= 11 is 12.1. The fourth-order valence-electron chi connectivity index (χ4n) is 1.94. The summed E-state index contributed by atoms with van der Waals surface area (Å²) in [6.45, 7) is 0. The van der Waals surface area contributed by atoms with Crippen LogP contribution in [0, 0.1) is 0 Å². The summed E-state index contributed by atoms with van der Waals surface area (Å²) in [5.41, 5.74) is 2.71. The summed E-state index contributed by atoms with van der Waals surface area (Å²) in [4.78, 5) is 11.3. The highest BCUT2D eigenvalue weighted by Crippen LogP contribution is 2.22. The van der Waals surface area contributed by atoms with Gasteiger partial charge >= 0.3 is 5.97 Å². The molecule has 0 amide bonds. The Morgan fingerprint density at radius 3 is 2.40 bits per heavy atom. The molecule has 2 aromatic rings. The molecule has 0 aromatic heterocycles. The van der Waals surface area contributed by atoms with Crippen LogP contribution in [0.15, 0.2) is 42.5 Å². The van der Waals surface area contributed by atoms with Gasteiger partial charge in [-0.15, -0.1) is 0 Å². The molecule has 0 radical (unpaired) electrons. The monoisotopic (exact) mass is 308 g/mol. The van der Waals surface area contributed by atoms with Gasteiger partial charge in [-0.2, -0.15) is 0 Å². The normalized spacial score (nSPS) is 10.3. The fourth-order valence-corrected chi connectivity index (χ4v) is 2.35. The fraction of sp³-hybridized carbons (Fsp3) is 0.188. The summed E-state index contributed by atoms with van der Waals surface area (Å²) in [6.07, 6.45) is 1.64. The zero-order valence-corrected chi connectivity index (χ0v) is 12.5. The molecule has 2 aromatic carbocycles. The number of halogens is 2. The molecule has 4 heteroatoms. The average Bonchev–Trinajstić information content (AvgIpc) is 2.48. The lowest BCUT2D eigenvalue weighted by Crippen LogP contribution is -2.01. The van der Waals surface area contributed by atoms with Crippen LogP contribution < -0.4 is 0 Å². The highest BCUT2D eigenvalue weighted by Gasteiger charge is 2.05. The topological polar surface area (TPSA) is 26.3 Å². The van der Waals surface area contributed by atoms with Crippen molar-refractivity contribution in [2.75, 3.05) is 7.11 Å². The average molecular weight is 309 g/mol. The Labute approximate surface area is 128 Å². The maximum Gasteiger partial charge on any atom is 0.337 e. The van der Waals surface area contributed by atoms with E-state index >= 15 is 0 Å². The minimum absolute atomic E-state index is 0.325. The van der Waals surface area contributed by atoms with E-state index in [-0.39, 0.29) is 5.97 Å². The molecular formula is C16H14Cl2O2. The second-order valence-electron chi connectivity index (χ2n) is 4.42. The van der Waals surface area contributed by atoms with Gasteiger partial charge in [-0.25, -0.2) is 4.79 Å². The van der Waals surface area contributed by atoms with E-state index in [1.807, 2.05) is 18.2 Å². The van der Waals surface area contributed by atoms with Crippen LogP contribution in [0.25, 0.3) is 0 Å². The minimum atomic E-state index is -0.325. The number of benzene rings is 2. The van der Waals surface area contributed by atoms with Crippen molar-refractivity contribution >= 4 is 29.2 Å². The van der Waals surface area contributed by atoms with E-state index in [1.165, 1.54) is 7.11 Å². The third-order valence-electron chi connectivity index (χ3n) is 3.07. The first-order valence-corrected chi connectivity index (χ1v) is 6.97. The first-order chi connectivity index (χ1) is 9.60. The van der Waals surface area contributed by atoms with E-state index in [0.717, 1.165) is 29.0 Å². The predicted molar refractivity (Wildman–Crippen MR) is 81.7 cm³/mol. The molecule has 0 aliphatic heterocycles. The summed E-state index contributed by atoms with van der Waals surface area (Å²) in [5.74, 6) is -0.325. The molecule has 2 nitrogen and oxygen atoms in total. The summed E-state index contributed by atoms with van der Waals surface area (Å²) in [5, 5.41) is 1.41. The molecule has 0 saturated carbocycles. The minimum Gasteiger partial charge on any atom is -0.465 e. The van der Waals surface area contributed by atoms with E-state index < -0.39 is 0 Å². The largest absolute Gasteiger partial charge is 0.465 e. The van der Waals surface area contributed by atoms with Crippen LogP contribution in [0.4, 0.5) is 0 Å². The SMILES string of the molecule is COC(=O)c1ccc(CCc2cc(Cl)ccc2Cl)cc1. The quantitative estimate of drug-likeness (QED) is 0.774. The number of rotatable bonds is 4. The maximum atomic E-state index is 11.3. The molecule has 0 heterocycles. The van der Waals surface area contributed by atoms with Gasteiger partial charge < -0.3 is 4.74 Å². The molecular weight excluding hydrogens is 295 g/mol. The number of esters is 1. The van der Waals surface area contributed by atoms with Gasteiger partial charge in [0.1, 0.15) is 0 Å². The zero-order chi connectivity index (χ0) is 14.5. The zero-order valence-electron chi connectivity index (χ0n) is 11.0. The molecule has 0 atom stereocenters. The lowest BCUT2D eigenvalue weighted by atomic mass is 10.0. The van der Waals surface area contributed by atoms with Crippen LogP contribution in [-0.2, 0) is 17.6 Å². The third-order valence-corrected chi connectivity index (χ3v) is 3.67. The Balaban J connectivity index is 2.04. The van der Waals surface area contributed by atoms with Crippen molar-refractivity contribution < 1.29 is 9.53 Å². The van der Waals surface area contributed by atoms with Crippen LogP contribution >= 0.6 is 23.2 Å². The van der Waals surface area contributed by atoms with Crippen molar-refractivity contribution in [1.29, 1.82) is 0 Å². The molecule has 104 valence electrons. The van der Waals surface area contributed by atoms with E-state index in [4.69, 9.17) is 23.2 Å². The number of aryl methyl sites for hydroxylation is 2. The second kappa shape index (κ2) is 6.78. The van der Waals surface area contributed by atoms with E-state index in [2.05, 4.69) is 4.74 Å². The Morgan fingerprint density at radius 2 is 1.75 bits per heavy atom. The van der Waals surface area contributed by atoms with Crippen LogP contribution in [0.3, 0.4) is 0 Å². The first-order valence-electron chi connectivity index (χ1n) is 6.21. The molecule has 0 saturated heterocycles. The molecule has 0 N–H and O–H groups in total. The number of carbonyl (C=O) groups excluding carboxylic acids is 1. The van der Waals surface area contributed by atoms with Gasteiger partial charge in [0.2, 0.25) is 0 Å². The molecule has 0 bridgehead atoms. The van der Waals surface area contributed by atoms with Crippen molar-refractivity contribution in [2.24, 2.45) is 0 Å². The van der Waals surface area contributed by atoms with Gasteiger partial charge in [-0.1, -0.05) is 35.3 Å². The molecule has 0 fully saturated rings. The van der Waals surface area contributed by atoms with Gasteiger partial charge in [0, 0.05) is 10.0 Å². The van der Waals surface area contributed by atoms with E-state index in [1.54, 1.807) is 24.3 Å². The summed E-state index contributed by atoms with van der Waals surface area (Å²) in [6, 6.07) is 12.8. The van der Waals surface area contributed by atoms with Gasteiger partial charge in [0.25, 0.3) is 0 Å². The molecule has 0 unspecified atom stereocenters. The first kappa shape index (κ1) is 14.9. The molecule has 0 aliphatic carbocycles. The summed E-state index contributed by atoms with van der Waals surface area (Å²) < 4.78 is 4.66. The predicted octanol–water partition coefficient (Wildman–Crippen LogP) is 4.57. The van der Waals surface area contributed by atoms with Crippen molar-refractivity contribution in [3.8, 4) is 0 Å². The van der Waals surface area contributed by atoms with Crippen LogP contribution in [0.2, 0.25) is 10.0 Å². The van der Waals surface area contributed by atoms with Crippen molar-refractivity contribution in [3.63, 3.8) is 0 Å². The molecule has 0 aliphatic rings. The van der Waals surface area contributed by atoms with Crippen molar-refractivity contribution in [1.82, 2.24) is 0 Å². The number of methoxy groups -OCH3 is 1. The van der Waals surface area contributed by atoms with Crippen LogP contribution in [-0.4, -0.2) is 13.1 Å². The Kier molecular flexibility index (Phi) is 5.05. The highest BCUT2D eigenvalue weighted by atomic mass is 35.5. The number of hydrogen-bond acceptors (Lipinski definition) is 2. The number of hydrogen-bond donors (Lipinski definition) is 0. The van der Waals surface area contributed by atoms with Crippen LogP contribution in [0.5, 0.6) is 0 Å². The van der Waals surface area contributed by atoms with E-state index in [9.17, 15) is 4.79 Å². The van der Waals surface area contributed by atoms with Crippen LogP contribution in [0.1, 0.15) is 21.5 Å². The van der Waals surface area contributed by atoms with E-state index in [0.29, 0.717) is 10.6 Å². The summed E-state index contributed by atoms with van der Waals surface area (Å²) in [7, 11) is 1.37. The standard InChI is InChI=1S/C16H14Cl2O2/c1-20-16(19)12-5-2-11(3-6-12)4-7-13-10-14(17)8-9-15(13)18/h2-3,5-6,8-10H,4,7H2,1H3. The lowest BCUT2D eigenvalue weighted by molar-refractivity contribution is 0.0600. The Bertz CT molecular complexity index is 606. The van der Waals surface area contributed by atoms with Crippen molar-refractivity contribution in [2.45, 2.75) is 12.8 Å². The maximum absolute atomic E-state index is 11.3. The Morgan fingerprint density at radius 1 is 1.05 bits per heavy atom. The van der Waals surface area contributed by atoms with Gasteiger partial charge in [-0.3, -0.25) is 0 Å². The second-order valence-corrected chi connectivity index (χ2v) is 5.27. The van der Waals surface area contributed by atoms with Gasteiger partial charge in [0.15, 0.2) is 0 Å². The highest BCUT2D eigenvalue weighted by molar-refractivity contribution is 6.33. The molecule has 2 rings (SSSR count). The van der Waals surface area contributed by atoms with Crippen molar-refractivity contribution in [3.05, 3.63) is 69.2 Å². The molecule has 20 heavy (non-hydrogen) atoms. The van der Waals surface area contributed by atoms with Gasteiger partial charge in [-0.05, 0) is 54.3 Å². The Hall–Kier alpha value is -1.51. The number of ether oxygens (including phenoxy) is 1.